The first-order valence-corrected chi connectivity index (χ1v) is 29.9. The highest BCUT2D eigenvalue weighted by Crippen LogP contribution is 2.41. The van der Waals surface area contributed by atoms with E-state index in [9.17, 15) is 29.4 Å². The van der Waals surface area contributed by atoms with Crippen molar-refractivity contribution in [2.75, 3.05) is 10.6 Å². The molecule has 4 amide bonds. The van der Waals surface area contributed by atoms with E-state index in [1.54, 1.807) is 44.2 Å². The maximum absolute atomic E-state index is 13.6. The van der Waals surface area contributed by atoms with Crippen LogP contribution < -0.4 is 36.8 Å². The van der Waals surface area contributed by atoms with Crippen LogP contribution >= 0.6 is 46.4 Å². The summed E-state index contributed by atoms with van der Waals surface area (Å²) in [4.78, 5) is 58.0. The van der Waals surface area contributed by atoms with Crippen molar-refractivity contribution in [3.8, 4) is 11.5 Å². The number of hydrogen-bond donors (Lipinski definition) is 8. The summed E-state index contributed by atoms with van der Waals surface area (Å²) in [6.45, 7) is 42.3. The van der Waals surface area contributed by atoms with Gasteiger partial charge < -0.3 is 29.7 Å². The van der Waals surface area contributed by atoms with Gasteiger partial charge in [0, 0.05) is 22.5 Å². The van der Waals surface area contributed by atoms with E-state index in [1.807, 2.05) is 6.92 Å². The lowest BCUT2D eigenvalue weighted by Gasteiger charge is -2.40. The molecule has 0 aromatic heterocycles. The van der Waals surface area contributed by atoms with Gasteiger partial charge in [-0.3, -0.25) is 40.9 Å². The predicted octanol–water partition coefficient (Wildman–Crippen LogP) is 12.1. The summed E-state index contributed by atoms with van der Waals surface area (Å²) < 4.78 is 12.9. The molecule has 0 aliphatic heterocycles. The molecule has 0 saturated heterocycles. The van der Waals surface area contributed by atoms with Crippen LogP contribution in [0.1, 0.15) is 87.2 Å². The molecular weight excluding hydrogens is 1040 g/mol. The fourth-order valence-electron chi connectivity index (χ4n) is 6.01. The van der Waals surface area contributed by atoms with Crippen LogP contribution in [0.4, 0.5) is 22.7 Å². The third kappa shape index (κ3) is 15.7. The number of phenolic OH excluding ortho intramolecular Hbond substituents is 1. The molecule has 0 spiro atoms. The Morgan fingerprint density at radius 2 is 1.04 bits per heavy atom. The maximum atomic E-state index is 13.6. The minimum absolute atomic E-state index is 0.0114. The van der Waals surface area contributed by atoms with E-state index in [0.29, 0.717) is 44.0 Å². The number of rotatable bonds is 14. The minimum Gasteiger partial charge on any atom is -0.543 e. The first-order chi connectivity index (χ1) is 33.2. The van der Waals surface area contributed by atoms with Crippen molar-refractivity contribution in [3.05, 3.63) is 126 Å². The Bertz CT molecular complexity index is 2750. The minimum atomic E-state index is -2.27. The van der Waals surface area contributed by atoms with Crippen LogP contribution in [0.3, 0.4) is 0 Å². The molecule has 0 fully saturated rings. The van der Waals surface area contributed by atoms with E-state index in [1.165, 1.54) is 37.3 Å². The summed E-state index contributed by atoms with van der Waals surface area (Å²) in [5, 5.41) is 26.2. The number of phenols is 1. The molecule has 72 heavy (non-hydrogen) atoms. The van der Waals surface area contributed by atoms with Crippen molar-refractivity contribution >= 4 is 109 Å². The zero-order valence-corrected chi connectivity index (χ0v) is 47.9. The van der Waals surface area contributed by atoms with Gasteiger partial charge in [-0.1, -0.05) is 100 Å². The smallest absolute Gasteiger partial charge is 0.269 e. The van der Waals surface area contributed by atoms with Gasteiger partial charge in [0.25, 0.3) is 31.9 Å². The Labute approximate surface area is 444 Å². The summed E-state index contributed by atoms with van der Waals surface area (Å²) in [7, 11) is -4.40. The number of nitrogens with one attached hydrogen (secondary N) is 6. The number of aliphatic hydroxyl groups excluding tert-OH is 1. The first-order valence-electron chi connectivity index (χ1n) is 22.6. The van der Waals surface area contributed by atoms with Crippen LogP contribution in [-0.2, 0) is 14.0 Å². The maximum Gasteiger partial charge on any atom is 0.269 e. The Kier molecular flexibility index (Phi) is 21.0. The second kappa shape index (κ2) is 24.9. The number of aliphatic hydroxyl groups is 1. The van der Waals surface area contributed by atoms with Crippen molar-refractivity contribution in [2.24, 2.45) is 0 Å². The molecule has 8 N–H and O–H groups in total. The Morgan fingerprint density at radius 1 is 0.625 bits per heavy atom. The standard InChI is InChI=1S/C31H46Cl2N4O4Si2.C19H18Cl2N4O4/c1-19-23(15-16-24(34-9)26(19)33)35-27(20(2)40-42(10,11)30(3,4)5)29(39)37-36-28(38)21-14-17-25(22(32)18-21)41-43(12,13)31(6,7)8;1-9-13(5-6-14(22-3)16(9)21)23-17(10(2)26)19(29)25-24-18(28)11-4-7-15(27)12(20)8-11/h14-18,20,27,35H,1-8,10-13H3,(H,36,38)(H,37,39);4-8,10,17,23,26-27H,1-2H3,(H,24,28)(H,25,29)/t20-,27-;10-,17-/m11/s1. The highest BCUT2D eigenvalue weighted by molar-refractivity contribution is 6.75. The molecule has 4 aromatic carbocycles. The molecule has 0 saturated carbocycles. The van der Waals surface area contributed by atoms with Gasteiger partial charge in [0.2, 0.25) is 11.4 Å². The fourth-order valence-corrected chi connectivity index (χ4v) is 9.34. The van der Waals surface area contributed by atoms with Gasteiger partial charge in [-0.2, -0.15) is 0 Å². The topological polar surface area (TPSA) is 208 Å². The lowest BCUT2D eigenvalue weighted by Crippen LogP contribution is -2.55. The first kappa shape index (κ1) is 60.8. The largest absolute Gasteiger partial charge is 0.543 e. The summed E-state index contributed by atoms with van der Waals surface area (Å²) in [5.74, 6) is -2.06. The van der Waals surface area contributed by atoms with Gasteiger partial charge in [-0.25, -0.2) is 9.69 Å². The van der Waals surface area contributed by atoms with E-state index in [0.717, 1.165) is 0 Å². The van der Waals surface area contributed by atoms with Gasteiger partial charge in [0.05, 0.1) is 45.4 Å². The second-order valence-electron chi connectivity index (χ2n) is 20.0. The van der Waals surface area contributed by atoms with E-state index < -0.39 is 64.6 Å². The number of benzene rings is 4. The van der Waals surface area contributed by atoms with Crippen molar-refractivity contribution in [1.29, 1.82) is 0 Å². The van der Waals surface area contributed by atoms with Crippen LogP contribution in [0.25, 0.3) is 9.69 Å². The average molecular weight is 1100 g/mol. The van der Waals surface area contributed by atoms with E-state index >= 15 is 0 Å². The summed E-state index contributed by atoms with van der Waals surface area (Å²) >= 11 is 24.8. The summed E-state index contributed by atoms with van der Waals surface area (Å²) in [5.41, 5.74) is 12.7. The molecule has 4 rings (SSSR count). The zero-order chi connectivity index (χ0) is 54.8. The quantitative estimate of drug-likeness (QED) is 0.0340. The highest BCUT2D eigenvalue weighted by atomic mass is 35.5. The number of amides is 4. The molecule has 388 valence electrons. The number of aromatic hydroxyl groups is 1. The summed E-state index contributed by atoms with van der Waals surface area (Å²) in [6, 6.07) is 13.0. The van der Waals surface area contributed by atoms with Crippen LogP contribution in [0.5, 0.6) is 11.5 Å². The predicted molar refractivity (Wildman–Crippen MR) is 293 cm³/mol. The SMILES string of the molecule is [C-]#[N+]c1ccc(N[C@@H](C(=O)NNC(=O)c2ccc(O)c(Cl)c2)[C@@H](C)O)c(C)c1Cl.[C-]#[N+]c1ccc(N[C@@H](C(=O)NNC(=O)c2ccc(O[Si](C)(C)C(C)(C)C)c(Cl)c2)[C@@H](C)O[Si](C)(C)C(C)(C)C)c(C)c1Cl. The third-order valence-electron chi connectivity index (χ3n) is 12.6. The molecule has 0 aliphatic carbocycles. The highest BCUT2D eigenvalue weighted by Gasteiger charge is 2.42. The summed E-state index contributed by atoms with van der Waals surface area (Å²) in [6.07, 6.45) is -1.69. The monoisotopic (exact) mass is 1100 g/mol. The normalized spacial score (nSPS) is 13.3. The molecule has 16 nitrogen and oxygen atoms in total. The molecule has 4 aromatic rings. The lowest BCUT2D eigenvalue weighted by molar-refractivity contribution is -0.125. The van der Waals surface area contributed by atoms with E-state index in [-0.39, 0.29) is 42.7 Å². The van der Waals surface area contributed by atoms with Gasteiger partial charge in [-0.05, 0) is 124 Å². The number of carbonyl (C=O) groups excluding carboxylic acids is 4. The molecule has 0 radical (unpaired) electrons. The molecule has 0 bridgehead atoms. The van der Waals surface area contributed by atoms with Gasteiger partial charge >= 0.3 is 0 Å². The molecule has 4 atom stereocenters. The average Bonchev–Trinajstić information content (AvgIpc) is 3.28. The van der Waals surface area contributed by atoms with Gasteiger partial charge in [0.15, 0.2) is 8.32 Å². The molecule has 0 heterocycles. The zero-order valence-electron chi connectivity index (χ0n) is 42.8. The Morgan fingerprint density at radius 3 is 1.44 bits per heavy atom. The van der Waals surface area contributed by atoms with Crippen LogP contribution in [0.2, 0.25) is 56.4 Å². The number of halogens is 4. The number of hydrazine groups is 2. The lowest BCUT2D eigenvalue weighted by atomic mass is 10.1. The van der Waals surface area contributed by atoms with Crippen LogP contribution in [0, 0.1) is 27.0 Å². The van der Waals surface area contributed by atoms with Crippen molar-refractivity contribution in [3.63, 3.8) is 0 Å². The van der Waals surface area contributed by atoms with E-state index in [4.69, 9.17) is 68.4 Å². The number of hydrogen-bond acceptors (Lipinski definition) is 10. The molecule has 22 heteroatoms. The number of anilines is 2. The van der Waals surface area contributed by atoms with Crippen LogP contribution in [-0.4, -0.2) is 74.8 Å². The van der Waals surface area contributed by atoms with Crippen molar-refractivity contribution in [1.82, 2.24) is 21.7 Å². The number of nitrogens with zero attached hydrogens (tertiary/aromatic N) is 2. The Balaban J connectivity index is 0.000000410. The molecule has 0 unspecified atom stereocenters. The third-order valence-corrected chi connectivity index (χ3v) is 23.0. The van der Waals surface area contributed by atoms with E-state index in [2.05, 4.69) is 110 Å². The Hall–Kier alpha value is -5.55. The molecule has 0 aliphatic rings. The van der Waals surface area contributed by atoms with Gasteiger partial charge in [0.1, 0.15) is 23.6 Å². The van der Waals surface area contributed by atoms with Gasteiger partial charge in [-0.15, -0.1) is 0 Å². The molecular formula is C50H64Cl4N8O8Si2. The number of carbonyl (C=O) groups is 4. The fraction of sp³-hybridized carbons (Fsp3) is 0.400. The second-order valence-corrected chi connectivity index (χ2v) is 31.0. The van der Waals surface area contributed by atoms with Crippen molar-refractivity contribution in [2.45, 2.75) is 130 Å². The van der Waals surface area contributed by atoms with Crippen LogP contribution in [0.15, 0.2) is 60.7 Å². The van der Waals surface area contributed by atoms with Crippen molar-refractivity contribution < 1.29 is 38.2 Å².